The second kappa shape index (κ2) is 5.26. The van der Waals surface area contributed by atoms with Crippen molar-refractivity contribution in [1.29, 1.82) is 0 Å². The van der Waals surface area contributed by atoms with E-state index in [-0.39, 0.29) is 15.9 Å². The molecule has 0 radical (unpaired) electrons. The lowest BCUT2D eigenvalue weighted by Gasteiger charge is -2.10. The van der Waals surface area contributed by atoms with Crippen molar-refractivity contribution in [2.75, 3.05) is 10.5 Å². The fraction of sp³-hybridized carbons (Fsp3) is 0.167. The van der Waals surface area contributed by atoms with Crippen molar-refractivity contribution in [2.45, 2.75) is 18.7 Å². The van der Waals surface area contributed by atoms with Crippen LogP contribution in [0.3, 0.4) is 0 Å². The molecule has 0 saturated heterocycles. The number of halogens is 1. The number of nitrogen functional groups attached to an aromatic ring is 1. The highest BCUT2D eigenvalue weighted by atomic mass is 35.5. The minimum absolute atomic E-state index is 0.00610. The van der Waals surface area contributed by atoms with Crippen LogP contribution in [0.15, 0.2) is 29.2 Å². The van der Waals surface area contributed by atoms with Crippen LogP contribution in [0.4, 0.5) is 11.5 Å². The summed E-state index contributed by atoms with van der Waals surface area (Å²) in [7, 11) is -3.77. The average Bonchev–Trinajstić information content (AvgIpc) is 2.36. The molecular weight excluding hydrogens is 300 g/mol. The molecule has 2 aromatic rings. The quantitative estimate of drug-likeness (QED) is 0.846. The van der Waals surface area contributed by atoms with E-state index in [1.807, 2.05) is 0 Å². The largest absolute Gasteiger partial charge is 0.399 e. The Morgan fingerprint density at radius 3 is 2.25 bits per heavy atom. The number of aromatic nitrogens is 2. The Labute approximate surface area is 122 Å². The van der Waals surface area contributed by atoms with E-state index in [0.29, 0.717) is 17.1 Å². The maximum atomic E-state index is 12.2. The molecule has 0 fully saturated rings. The molecule has 8 heteroatoms. The number of nitrogens with two attached hydrogens (primary N) is 1. The predicted molar refractivity (Wildman–Crippen MR) is 78.2 cm³/mol. The molecule has 0 unspecified atom stereocenters. The first kappa shape index (κ1) is 14.5. The molecule has 0 saturated carbocycles. The standard InChI is InChI=1S/C12H13ClN4O2S/c1-7-8(2)16-12(11(13)15-7)17-20(18,19)10-5-3-9(14)4-6-10/h3-6H,14H2,1-2H3,(H,16,17). The van der Waals surface area contributed by atoms with Gasteiger partial charge in [0.2, 0.25) is 0 Å². The predicted octanol–water partition coefficient (Wildman–Crippen LogP) is 2.13. The van der Waals surface area contributed by atoms with Crippen LogP contribution in [0, 0.1) is 13.8 Å². The van der Waals surface area contributed by atoms with Gasteiger partial charge in [0, 0.05) is 5.69 Å². The lowest BCUT2D eigenvalue weighted by Crippen LogP contribution is -2.15. The van der Waals surface area contributed by atoms with E-state index >= 15 is 0 Å². The second-order valence-electron chi connectivity index (χ2n) is 4.21. The van der Waals surface area contributed by atoms with Crippen molar-refractivity contribution in [3.8, 4) is 0 Å². The van der Waals surface area contributed by atoms with Gasteiger partial charge in [0.15, 0.2) is 11.0 Å². The lowest BCUT2D eigenvalue weighted by atomic mass is 10.3. The van der Waals surface area contributed by atoms with Crippen molar-refractivity contribution >= 4 is 33.1 Å². The summed E-state index contributed by atoms with van der Waals surface area (Å²) in [5.41, 5.74) is 7.25. The molecule has 1 aromatic carbocycles. The maximum Gasteiger partial charge on any atom is 0.263 e. The van der Waals surface area contributed by atoms with Crippen LogP contribution < -0.4 is 10.5 Å². The number of nitrogens with one attached hydrogen (secondary N) is 1. The minimum Gasteiger partial charge on any atom is -0.399 e. The first-order valence-electron chi connectivity index (χ1n) is 5.69. The summed E-state index contributed by atoms with van der Waals surface area (Å²) in [6.07, 6.45) is 0. The smallest absolute Gasteiger partial charge is 0.263 e. The van der Waals surface area contributed by atoms with Crippen molar-refractivity contribution in [1.82, 2.24) is 9.97 Å². The molecular formula is C12H13ClN4O2S. The Hall–Kier alpha value is -1.86. The molecule has 20 heavy (non-hydrogen) atoms. The van der Waals surface area contributed by atoms with Crippen LogP contribution in [0.5, 0.6) is 0 Å². The summed E-state index contributed by atoms with van der Waals surface area (Å²) < 4.78 is 26.7. The highest BCUT2D eigenvalue weighted by Crippen LogP contribution is 2.22. The van der Waals surface area contributed by atoms with Crippen LogP contribution in [-0.2, 0) is 10.0 Å². The Morgan fingerprint density at radius 1 is 1.10 bits per heavy atom. The maximum absolute atomic E-state index is 12.2. The molecule has 1 heterocycles. The van der Waals surface area contributed by atoms with E-state index in [4.69, 9.17) is 17.3 Å². The molecule has 0 aliphatic heterocycles. The molecule has 106 valence electrons. The summed E-state index contributed by atoms with van der Waals surface area (Å²) in [6.45, 7) is 3.46. The van der Waals surface area contributed by atoms with Crippen LogP contribution in [0.25, 0.3) is 0 Å². The average molecular weight is 313 g/mol. The summed E-state index contributed by atoms with van der Waals surface area (Å²) in [6, 6.07) is 5.81. The van der Waals surface area contributed by atoms with Crippen LogP contribution in [0.2, 0.25) is 5.15 Å². The summed E-state index contributed by atoms with van der Waals surface area (Å²) >= 11 is 5.90. The zero-order valence-electron chi connectivity index (χ0n) is 10.9. The van der Waals surface area contributed by atoms with Crippen molar-refractivity contribution < 1.29 is 8.42 Å². The van der Waals surface area contributed by atoms with Gasteiger partial charge in [-0.1, -0.05) is 11.6 Å². The fourth-order valence-electron chi connectivity index (χ4n) is 1.47. The molecule has 1 aromatic heterocycles. The lowest BCUT2D eigenvalue weighted by molar-refractivity contribution is 0.601. The van der Waals surface area contributed by atoms with Gasteiger partial charge >= 0.3 is 0 Å². The van der Waals surface area contributed by atoms with E-state index < -0.39 is 10.0 Å². The van der Waals surface area contributed by atoms with E-state index in [0.717, 1.165) is 0 Å². The minimum atomic E-state index is -3.77. The van der Waals surface area contributed by atoms with E-state index in [1.54, 1.807) is 13.8 Å². The molecule has 0 aliphatic rings. The molecule has 0 atom stereocenters. The van der Waals surface area contributed by atoms with Gasteiger partial charge < -0.3 is 5.73 Å². The van der Waals surface area contributed by atoms with E-state index in [2.05, 4.69) is 14.7 Å². The number of nitrogens with zero attached hydrogens (tertiary/aromatic N) is 2. The zero-order chi connectivity index (χ0) is 14.9. The molecule has 0 bridgehead atoms. The highest BCUT2D eigenvalue weighted by molar-refractivity contribution is 7.92. The number of hydrogen-bond donors (Lipinski definition) is 2. The number of sulfonamides is 1. The third-order valence-electron chi connectivity index (χ3n) is 2.69. The number of anilines is 2. The van der Waals surface area contributed by atoms with Crippen molar-refractivity contribution in [3.63, 3.8) is 0 Å². The fourth-order valence-corrected chi connectivity index (χ4v) is 2.76. The van der Waals surface area contributed by atoms with Crippen LogP contribution >= 0.6 is 11.6 Å². The molecule has 6 nitrogen and oxygen atoms in total. The topological polar surface area (TPSA) is 98.0 Å². The number of hydrogen-bond acceptors (Lipinski definition) is 5. The second-order valence-corrected chi connectivity index (χ2v) is 6.25. The Morgan fingerprint density at radius 2 is 1.65 bits per heavy atom. The summed E-state index contributed by atoms with van der Waals surface area (Å²) in [5, 5.41) is 0.00659. The van der Waals surface area contributed by atoms with Gasteiger partial charge in [0.1, 0.15) is 0 Å². The van der Waals surface area contributed by atoms with Gasteiger partial charge in [-0.2, -0.15) is 0 Å². The van der Waals surface area contributed by atoms with Crippen molar-refractivity contribution in [2.24, 2.45) is 0 Å². The van der Waals surface area contributed by atoms with Crippen LogP contribution in [0.1, 0.15) is 11.4 Å². The molecule has 3 N–H and O–H groups in total. The summed E-state index contributed by atoms with van der Waals surface area (Å²) in [5.74, 6) is 0.00610. The van der Waals surface area contributed by atoms with Crippen LogP contribution in [-0.4, -0.2) is 18.4 Å². The number of rotatable bonds is 3. The number of aryl methyl sites for hydroxylation is 2. The monoisotopic (exact) mass is 312 g/mol. The van der Waals surface area contributed by atoms with Crippen molar-refractivity contribution in [3.05, 3.63) is 40.8 Å². The Bertz CT molecular complexity index is 745. The Kier molecular flexibility index (Phi) is 3.82. The third kappa shape index (κ3) is 3.00. The molecule has 0 spiro atoms. The normalized spacial score (nSPS) is 11.3. The van der Waals surface area contributed by atoms with Gasteiger partial charge in [-0.15, -0.1) is 0 Å². The third-order valence-corrected chi connectivity index (χ3v) is 4.30. The van der Waals surface area contributed by atoms with Gasteiger partial charge in [-0.3, -0.25) is 4.72 Å². The van der Waals surface area contributed by atoms with Gasteiger partial charge in [0.25, 0.3) is 10.0 Å². The van der Waals surface area contributed by atoms with E-state index in [1.165, 1.54) is 24.3 Å². The molecule has 0 aliphatic carbocycles. The SMILES string of the molecule is Cc1nc(Cl)c(NS(=O)(=O)c2ccc(N)cc2)nc1C. The first-order chi connectivity index (χ1) is 9.29. The highest BCUT2D eigenvalue weighted by Gasteiger charge is 2.17. The zero-order valence-corrected chi connectivity index (χ0v) is 12.5. The van der Waals surface area contributed by atoms with Gasteiger partial charge in [-0.05, 0) is 38.1 Å². The van der Waals surface area contributed by atoms with Gasteiger partial charge in [-0.25, -0.2) is 18.4 Å². The Balaban J connectivity index is 2.38. The van der Waals surface area contributed by atoms with Gasteiger partial charge in [0.05, 0.1) is 16.3 Å². The summed E-state index contributed by atoms with van der Waals surface area (Å²) in [4.78, 5) is 8.18. The first-order valence-corrected chi connectivity index (χ1v) is 7.55. The molecule has 2 rings (SSSR count). The number of benzene rings is 1. The van der Waals surface area contributed by atoms with E-state index in [9.17, 15) is 8.42 Å². The molecule has 0 amide bonds.